The number of nitrogens with two attached hydrogens (primary N) is 1. The van der Waals surface area contributed by atoms with Crippen LogP contribution in [0.15, 0.2) is 0 Å². The summed E-state index contributed by atoms with van der Waals surface area (Å²) >= 11 is 0. The first-order chi connectivity index (χ1) is 7.41. The first-order valence-electron chi connectivity index (χ1n) is 6.27. The second-order valence-corrected chi connectivity index (χ2v) is 3.07. The number of hydrogen-bond acceptors (Lipinski definition) is 3. The van der Waals surface area contributed by atoms with Gasteiger partial charge in [-0.05, 0) is 25.8 Å². The Labute approximate surface area is 96.8 Å². The lowest BCUT2D eigenvalue weighted by Crippen LogP contribution is -2.06. The standard InChI is InChI=1S/C10H23NO2.C2H6.H2/c1-2-3-7-12-9-5-10-13-8-4-6-11;1-2;/h2-11H2,1H3;1-2H3;1H. The summed E-state index contributed by atoms with van der Waals surface area (Å²) < 4.78 is 10.7. The maximum atomic E-state index is 5.38. The molecule has 0 unspecified atom stereocenters. The van der Waals surface area contributed by atoms with E-state index in [-0.39, 0.29) is 1.43 Å². The molecule has 0 bridgehead atoms. The molecular formula is C12H31NO2. The van der Waals surface area contributed by atoms with E-state index in [0.717, 1.165) is 45.7 Å². The molecular weight excluding hydrogens is 190 g/mol. The van der Waals surface area contributed by atoms with Gasteiger partial charge in [0.1, 0.15) is 0 Å². The van der Waals surface area contributed by atoms with E-state index in [4.69, 9.17) is 15.2 Å². The summed E-state index contributed by atoms with van der Waals surface area (Å²) in [5.41, 5.74) is 5.32. The van der Waals surface area contributed by atoms with E-state index in [0.29, 0.717) is 6.54 Å². The first kappa shape index (κ1) is 17.3. The van der Waals surface area contributed by atoms with Gasteiger partial charge in [-0.25, -0.2) is 0 Å². The largest absolute Gasteiger partial charge is 0.381 e. The Hall–Kier alpha value is -0.120. The Morgan fingerprint density at radius 2 is 1.33 bits per heavy atom. The van der Waals surface area contributed by atoms with Crippen LogP contribution in [0.3, 0.4) is 0 Å². The second-order valence-electron chi connectivity index (χ2n) is 3.07. The molecule has 96 valence electrons. The average molecular weight is 221 g/mol. The minimum atomic E-state index is 0. The molecule has 0 aliphatic carbocycles. The van der Waals surface area contributed by atoms with E-state index in [2.05, 4.69) is 6.92 Å². The topological polar surface area (TPSA) is 44.5 Å². The van der Waals surface area contributed by atoms with Crippen LogP contribution >= 0.6 is 0 Å². The van der Waals surface area contributed by atoms with Gasteiger partial charge in [0.2, 0.25) is 0 Å². The molecule has 15 heavy (non-hydrogen) atoms. The van der Waals surface area contributed by atoms with Crippen LogP contribution in [0.1, 0.15) is 47.9 Å². The molecule has 2 N–H and O–H groups in total. The summed E-state index contributed by atoms with van der Waals surface area (Å²) in [4.78, 5) is 0. The minimum Gasteiger partial charge on any atom is -0.381 e. The van der Waals surface area contributed by atoms with Crippen molar-refractivity contribution in [3.8, 4) is 0 Å². The van der Waals surface area contributed by atoms with E-state index in [1.807, 2.05) is 13.8 Å². The molecule has 0 amide bonds. The predicted molar refractivity (Wildman–Crippen MR) is 68.3 cm³/mol. The summed E-state index contributed by atoms with van der Waals surface area (Å²) in [5, 5.41) is 0. The Morgan fingerprint density at radius 3 is 1.80 bits per heavy atom. The zero-order valence-corrected chi connectivity index (χ0v) is 10.8. The van der Waals surface area contributed by atoms with Crippen LogP contribution in [0, 0.1) is 0 Å². The highest BCUT2D eigenvalue weighted by Gasteiger charge is 1.89. The second kappa shape index (κ2) is 19.5. The van der Waals surface area contributed by atoms with Gasteiger partial charge in [0.05, 0.1) is 0 Å². The SMILES string of the molecule is CC.CCCCOCCCOCCCN.[HH]. The van der Waals surface area contributed by atoms with Gasteiger partial charge < -0.3 is 15.2 Å². The molecule has 0 aliphatic heterocycles. The molecule has 0 atom stereocenters. The summed E-state index contributed by atoms with van der Waals surface area (Å²) in [6.45, 7) is 10.2. The monoisotopic (exact) mass is 221 g/mol. The van der Waals surface area contributed by atoms with E-state index in [9.17, 15) is 0 Å². The molecule has 3 nitrogen and oxygen atoms in total. The first-order valence-corrected chi connectivity index (χ1v) is 6.27. The molecule has 0 spiro atoms. The lowest BCUT2D eigenvalue weighted by Gasteiger charge is -2.04. The van der Waals surface area contributed by atoms with Crippen LogP contribution in [0.25, 0.3) is 0 Å². The highest BCUT2D eigenvalue weighted by molar-refractivity contribution is 4.38. The molecule has 0 saturated carbocycles. The Kier molecular flexibility index (Phi) is 22.4. The molecule has 0 rings (SSSR count). The number of ether oxygens (including phenoxy) is 2. The van der Waals surface area contributed by atoms with E-state index < -0.39 is 0 Å². The van der Waals surface area contributed by atoms with Crippen molar-refractivity contribution in [1.29, 1.82) is 0 Å². The molecule has 0 aromatic rings. The maximum absolute atomic E-state index is 5.38. The van der Waals surface area contributed by atoms with Gasteiger partial charge in [-0.2, -0.15) is 0 Å². The van der Waals surface area contributed by atoms with E-state index >= 15 is 0 Å². The van der Waals surface area contributed by atoms with Crippen molar-refractivity contribution < 1.29 is 10.9 Å². The van der Waals surface area contributed by atoms with Gasteiger partial charge in [-0.15, -0.1) is 0 Å². The third-order valence-corrected chi connectivity index (χ3v) is 1.71. The van der Waals surface area contributed by atoms with Crippen LogP contribution < -0.4 is 5.73 Å². The van der Waals surface area contributed by atoms with Crippen molar-refractivity contribution in [2.45, 2.75) is 46.5 Å². The van der Waals surface area contributed by atoms with Crippen molar-refractivity contribution in [3.63, 3.8) is 0 Å². The number of rotatable bonds is 10. The molecule has 0 saturated heterocycles. The summed E-state index contributed by atoms with van der Waals surface area (Å²) in [7, 11) is 0. The Bertz CT molecular complexity index is 85.1. The van der Waals surface area contributed by atoms with Crippen LogP contribution in [0.2, 0.25) is 0 Å². The van der Waals surface area contributed by atoms with Gasteiger partial charge in [0.25, 0.3) is 0 Å². The van der Waals surface area contributed by atoms with Gasteiger partial charge in [0.15, 0.2) is 0 Å². The Balaban J connectivity index is -0.000000529. The number of unbranched alkanes of at least 4 members (excludes halogenated alkanes) is 1. The van der Waals surface area contributed by atoms with Crippen molar-refractivity contribution in [1.82, 2.24) is 0 Å². The normalized spacial score (nSPS) is 9.60. The van der Waals surface area contributed by atoms with Crippen LogP contribution in [0.5, 0.6) is 0 Å². The van der Waals surface area contributed by atoms with Crippen molar-refractivity contribution >= 4 is 0 Å². The van der Waals surface area contributed by atoms with Crippen LogP contribution in [-0.4, -0.2) is 33.0 Å². The molecule has 0 aromatic carbocycles. The molecule has 0 fully saturated rings. The van der Waals surface area contributed by atoms with Crippen LogP contribution in [0.4, 0.5) is 0 Å². The fourth-order valence-electron chi connectivity index (χ4n) is 0.899. The van der Waals surface area contributed by atoms with Crippen molar-refractivity contribution in [2.75, 3.05) is 33.0 Å². The van der Waals surface area contributed by atoms with Gasteiger partial charge in [0, 0.05) is 27.9 Å². The molecule has 0 aromatic heterocycles. The maximum Gasteiger partial charge on any atom is 0.0487 e. The zero-order chi connectivity index (χ0) is 11.8. The zero-order valence-electron chi connectivity index (χ0n) is 10.8. The lowest BCUT2D eigenvalue weighted by atomic mass is 10.4. The molecule has 0 radical (unpaired) electrons. The summed E-state index contributed by atoms with van der Waals surface area (Å²) in [5.74, 6) is 0. The third kappa shape index (κ3) is 20.1. The summed E-state index contributed by atoms with van der Waals surface area (Å²) in [6.07, 6.45) is 4.31. The van der Waals surface area contributed by atoms with Crippen LogP contribution in [-0.2, 0) is 9.47 Å². The molecule has 3 heteroatoms. The highest BCUT2D eigenvalue weighted by atomic mass is 16.5. The van der Waals surface area contributed by atoms with Gasteiger partial charge in [-0.3, -0.25) is 0 Å². The Morgan fingerprint density at radius 1 is 0.867 bits per heavy atom. The number of hydrogen-bond donors (Lipinski definition) is 1. The fourth-order valence-corrected chi connectivity index (χ4v) is 0.899. The summed E-state index contributed by atoms with van der Waals surface area (Å²) in [6, 6.07) is 0. The fraction of sp³-hybridized carbons (Fsp3) is 1.00. The van der Waals surface area contributed by atoms with Crippen molar-refractivity contribution in [2.24, 2.45) is 5.73 Å². The highest BCUT2D eigenvalue weighted by Crippen LogP contribution is 1.90. The predicted octanol–water partition coefficient (Wildman–Crippen LogP) is 2.83. The smallest absolute Gasteiger partial charge is 0.0487 e. The average Bonchev–Trinajstić information content (AvgIpc) is 2.30. The molecule has 0 heterocycles. The van der Waals surface area contributed by atoms with E-state index in [1.54, 1.807) is 0 Å². The quantitative estimate of drug-likeness (QED) is 0.577. The molecule has 0 aliphatic rings. The minimum absolute atomic E-state index is 0. The van der Waals surface area contributed by atoms with Gasteiger partial charge >= 0.3 is 0 Å². The third-order valence-electron chi connectivity index (χ3n) is 1.71. The lowest BCUT2D eigenvalue weighted by molar-refractivity contribution is 0.0813. The van der Waals surface area contributed by atoms with E-state index in [1.165, 1.54) is 6.42 Å². The van der Waals surface area contributed by atoms with Gasteiger partial charge in [-0.1, -0.05) is 27.2 Å². The van der Waals surface area contributed by atoms with Crippen molar-refractivity contribution in [3.05, 3.63) is 0 Å².